The zero-order valence-corrected chi connectivity index (χ0v) is 24.6. The number of rotatable bonds is 10. The fourth-order valence-corrected chi connectivity index (χ4v) is 5.27. The molecular formula is C31H43N3O5. The molecule has 2 heterocycles. The summed E-state index contributed by atoms with van der Waals surface area (Å²) in [6.45, 7) is 18.9. The van der Waals surface area contributed by atoms with Gasteiger partial charge >= 0.3 is 5.97 Å². The molecule has 1 unspecified atom stereocenters. The number of hydrogen-bond donors (Lipinski definition) is 2. The maximum atomic E-state index is 13.5. The van der Waals surface area contributed by atoms with Crippen molar-refractivity contribution in [3.05, 3.63) is 63.5 Å². The Balaban J connectivity index is 2.14. The second kappa shape index (κ2) is 12.2. The van der Waals surface area contributed by atoms with Gasteiger partial charge in [0.1, 0.15) is 11.5 Å². The maximum Gasteiger partial charge on any atom is 0.355 e. The Morgan fingerprint density at radius 1 is 1.08 bits per heavy atom. The van der Waals surface area contributed by atoms with Crippen LogP contribution in [0.4, 0.5) is 0 Å². The Morgan fingerprint density at radius 3 is 2.23 bits per heavy atom. The number of ketones is 1. The second-order valence-corrected chi connectivity index (χ2v) is 11.1. The smallest absolute Gasteiger partial charge is 0.355 e. The molecule has 1 fully saturated rings. The predicted octanol–water partition coefficient (Wildman–Crippen LogP) is 5.26. The second-order valence-electron chi connectivity index (χ2n) is 11.1. The summed E-state index contributed by atoms with van der Waals surface area (Å²) in [5.41, 5.74) is 3.40. The van der Waals surface area contributed by atoms with Gasteiger partial charge in [-0.2, -0.15) is 0 Å². The normalized spacial score (nSPS) is 17.4. The molecule has 0 aliphatic carbocycles. The van der Waals surface area contributed by atoms with Gasteiger partial charge in [-0.25, -0.2) is 4.79 Å². The van der Waals surface area contributed by atoms with Gasteiger partial charge in [0.25, 0.3) is 11.7 Å². The molecular weight excluding hydrogens is 494 g/mol. The number of aromatic nitrogens is 1. The van der Waals surface area contributed by atoms with Crippen LogP contribution in [0.1, 0.15) is 92.4 Å². The van der Waals surface area contributed by atoms with E-state index in [2.05, 4.69) is 44.5 Å². The molecule has 1 aliphatic rings. The highest BCUT2D eigenvalue weighted by Gasteiger charge is 2.46. The molecule has 2 aromatic rings. The van der Waals surface area contributed by atoms with Gasteiger partial charge < -0.3 is 24.6 Å². The highest BCUT2D eigenvalue weighted by molar-refractivity contribution is 6.46. The molecule has 8 nitrogen and oxygen atoms in total. The zero-order valence-electron chi connectivity index (χ0n) is 24.6. The average Bonchev–Trinajstić information content (AvgIpc) is 3.33. The van der Waals surface area contributed by atoms with Gasteiger partial charge in [-0.15, -0.1) is 0 Å². The molecule has 0 spiro atoms. The minimum atomic E-state index is -0.740. The highest BCUT2D eigenvalue weighted by Crippen LogP contribution is 2.41. The van der Waals surface area contributed by atoms with E-state index in [1.54, 1.807) is 25.7 Å². The number of esters is 1. The molecule has 0 bridgehead atoms. The minimum Gasteiger partial charge on any atom is -0.507 e. The van der Waals surface area contributed by atoms with Gasteiger partial charge in [0.05, 0.1) is 18.2 Å². The van der Waals surface area contributed by atoms with Gasteiger partial charge in [0, 0.05) is 17.8 Å². The van der Waals surface area contributed by atoms with Crippen LogP contribution >= 0.6 is 0 Å². The molecule has 1 amide bonds. The molecule has 212 valence electrons. The van der Waals surface area contributed by atoms with Crippen LogP contribution in [0.2, 0.25) is 0 Å². The van der Waals surface area contributed by atoms with Gasteiger partial charge in [-0.05, 0) is 68.9 Å². The number of H-pyrrole nitrogens is 1. The lowest BCUT2D eigenvalue weighted by Crippen LogP contribution is -2.33. The number of amides is 1. The van der Waals surface area contributed by atoms with Crippen molar-refractivity contribution in [3.63, 3.8) is 0 Å². The van der Waals surface area contributed by atoms with Gasteiger partial charge in [-0.3, -0.25) is 9.59 Å². The standard InChI is InChI=1S/C31H43N3O5/c1-9-33(10-2)17-12-18-34-26(21-13-15-22(16-14-21)31(6,7)8)24(28(36)29(34)37)27(35)23-19(4)25(32-20(23)5)30(38)39-11-3/h13-16,26,32,35H,9-12,17-18H2,1-8H3. The summed E-state index contributed by atoms with van der Waals surface area (Å²) in [4.78, 5) is 46.2. The van der Waals surface area contributed by atoms with E-state index in [9.17, 15) is 19.5 Å². The Labute approximate surface area is 232 Å². The van der Waals surface area contributed by atoms with Crippen LogP contribution in [-0.4, -0.2) is 70.3 Å². The maximum absolute atomic E-state index is 13.5. The molecule has 2 N–H and O–H groups in total. The summed E-state index contributed by atoms with van der Waals surface area (Å²) in [7, 11) is 0. The summed E-state index contributed by atoms with van der Waals surface area (Å²) < 4.78 is 5.15. The Bertz CT molecular complexity index is 1250. The first-order valence-corrected chi connectivity index (χ1v) is 13.8. The molecule has 3 rings (SSSR count). The van der Waals surface area contributed by atoms with E-state index in [1.807, 2.05) is 24.3 Å². The SMILES string of the molecule is CCOC(=O)c1[nH]c(C)c(C(O)=C2C(=O)C(=O)N(CCCN(CC)CC)C2c2ccc(C(C)(C)C)cc2)c1C. The van der Waals surface area contributed by atoms with E-state index in [0.29, 0.717) is 29.8 Å². The number of nitrogens with one attached hydrogen (secondary N) is 1. The third-order valence-electron chi connectivity index (χ3n) is 7.55. The van der Waals surface area contributed by atoms with Crippen LogP contribution in [0.3, 0.4) is 0 Å². The number of aromatic amines is 1. The number of benzene rings is 1. The molecule has 0 saturated carbocycles. The van der Waals surface area contributed by atoms with Crippen molar-refractivity contribution >= 4 is 23.4 Å². The van der Waals surface area contributed by atoms with E-state index in [4.69, 9.17) is 4.74 Å². The number of Topliss-reactive ketones (excluding diaryl/α,β-unsaturated/α-hetero) is 1. The monoisotopic (exact) mass is 537 g/mol. The van der Waals surface area contributed by atoms with Crippen LogP contribution in [0.15, 0.2) is 29.8 Å². The molecule has 39 heavy (non-hydrogen) atoms. The number of likely N-dealkylation sites (tertiary alicyclic amines) is 1. The van der Waals surface area contributed by atoms with E-state index in [1.165, 1.54) is 0 Å². The summed E-state index contributed by atoms with van der Waals surface area (Å²) in [6.07, 6.45) is 0.695. The number of nitrogens with zero attached hydrogens (tertiary/aromatic N) is 2. The first kappa shape index (κ1) is 30.2. The van der Waals surface area contributed by atoms with Gasteiger partial charge in [0.15, 0.2) is 0 Å². The zero-order chi connectivity index (χ0) is 29.1. The quantitative estimate of drug-likeness (QED) is 0.186. The fraction of sp³-hybridized carbons (Fsp3) is 0.516. The number of hydrogen-bond acceptors (Lipinski definition) is 6. The van der Waals surface area contributed by atoms with Crippen molar-refractivity contribution in [2.24, 2.45) is 0 Å². The number of aryl methyl sites for hydroxylation is 1. The summed E-state index contributed by atoms with van der Waals surface area (Å²) in [6, 6.07) is 7.15. The highest BCUT2D eigenvalue weighted by atomic mass is 16.5. The van der Waals surface area contributed by atoms with Crippen LogP contribution in [0.5, 0.6) is 0 Å². The number of ether oxygens (including phenoxy) is 1. The number of carbonyl (C=O) groups excluding carboxylic acids is 3. The van der Waals surface area contributed by atoms with Crippen molar-refractivity contribution in [3.8, 4) is 0 Å². The molecule has 8 heteroatoms. The molecule has 1 atom stereocenters. The Hall–Kier alpha value is -3.39. The summed E-state index contributed by atoms with van der Waals surface area (Å²) in [5, 5.41) is 11.6. The molecule has 1 aromatic carbocycles. The molecule has 1 saturated heterocycles. The average molecular weight is 538 g/mol. The molecule has 1 aromatic heterocycles. The van der Waals surface area contributed by atoms with Crippen molar-refractivity contribution in [1.82, 2.24) is 14.8 Å². The predicted molar refractivity (Wildman–Crippen MR) is 153 cm³/mol. The molecule has 1 aliphatic heterocycles. The topological polar surface area (TPSA) is 103 Å². The third kappa shape index (κ3) is 6.11. The lowest BCUT2D eigenvalue weighted by atomic mass is 9.85. The summed E-state index contributed by atoms with van der Waals surface area (Å²) in [5.74, 6) is -2.18. The minimum absolute atomic E-state index is 0.0342. The van der Waals surface area contributed by atoms with E-state index < -0.39 is 23.7 Å². The van der Waals surface area contributed by atoms with Gasteiger partial charge in [0.2, 0.25) is 0 Å². The van der Waals surface area contributed by atoms with Crippen molar-refractivity contribution in [2.45, 2.75) is 73.3 Å². The fourth-order valence-electron chi connectivity index (χ4n) is 5.27. The van der Waals surface area contributed by atoms with Gasteiger partial charge in [-0.1, -0.05) is 58.9 Å². The van der Waals surface area contributed by atoms with Crippen molar-refractivity contribution in [2.75, 3.05) is 32.8 Å². The number of aliphatic hydroxyl groups is 1. The number of aliphatic hydroxyl groups excluding tert-OH is 1. The number of carbonyl (C=O) groups is 3. The Kier molecular flexibility index (Phi) is 9.43. The molecule has 0 radical (unpaired) electrons. The van der Waals surface area contributed by atoms with E-state index in [-0.39, 0.29) is 29.0 Å². The third-order valence-corrected chi connectivity index (χ3v) is 7.55. The van der Waals surface area contributed by atoms with E-state index >= 15 is 0 Å². The van der Waals surface area contributed by atoms with E-state index in [0.717, 1.165) is 30.8 Å². The van der Waals surface area contributed by atoms with Crippen molar-refractivity contribution in [1.29, 1.82) is 0 Å². The first-order valence-electron chi connectivity index (χ1n) is 13.8. The lowest BCUT2D eigenvalue weighted by Gasteiger charge is -2.27. The Morgan fingerprint density at radius 2 is 1.69 bits per heavy atom. The first-order chi connectivity index (χ1) is 18.4. The van der Waals surface area contributed by atoms with Crippen molar-refractivity contribution < 1.29 is 24.2 Å². The van der Waals surface area contributed by atoms with Crippen LogP contribution in [0.25, 0.3) is 5.76 Å². The lowest BCUT2D eigenvalue weighted by molar-refractivity contribution is -0.140. The van der Waals surface area contributed by atoms with Crippen LogP contribution in [0, 0.1) is 13.8 Å². The largest absolute Gasteiger partial charge is 0.507 e. The summed E-state index contributed by atoms with van der Waals surface area (Å²) >= 11 is 0. The van der Waals surface area contributed by atoms with Crippen LogP contribution < -0.4 is 0 Å². The van der Waals surface area contributed by atoms with Crippen LogP contribution in [-0.2, 0) is 19.7 Å².